The molecule has 0 radical (unpaired) electrons. The summed E-state index contributed by atoms with van der Waals surface area (Å²) >= 11 is 0. The number of nitrogens with one attached hydrogen (secondary N) is 3. The Morgan fingerprint density at radius 3 is 2.12 bits per heavy atom. The van der Waals surface area contributed by atoms with Crippen molar-refractivity contribution in [1.29, 1.82) is 0 Å². The van der Waals surface area contributed by atoms with E-state index in [4.69, 9.17) is 0 Å². The first-order valence-electron chi connectivity index (χ1n) is 5.65. The number of para-hydroxylation sites is 1. The van der Waals surface area contributed by atoms with Gasteiger partial charge in [-0.15, -0.1) is 0 Å². The minimum atomic E-state index is 1.06. The average Bonchev–Trinajstić information content (AvgIpc) is 2.40. The van der Waals surface area contributed by atoms with Gasteiger partial charge in [0.1, 0.15) is 0 Å². The van der Waals surface area contributed by atoms with Crippen molar-refractivity contribution in [2.75, 3.05) is 30.0 Å². The zero-order chi connectivity index (χ0) is 12.1. The van der Waals surface area contributed by atoms with Crippen LogP contribution in [0.25, 0.3) is 0 Å². The van der Waals surface area contributed by atoms with E-state index in [0.717, 1.165) is 22.7 Å². The Balaban J connectivity index is 2.30. The highest BCUT2D eigenvalue weighted by molar-refractivity contribution is 5.77. The van der Waals surface area contributed by atoms with Crippen molar-refractivity contribution in [2.24, 2.45) is 0 Å². The van der Waals surface area contributed by atoms with Gasteiger partial charge in [0.15, 0.2) is 0 Å². The number of rotatable bonds is 4. The fraction of sp³-hybridized carbons (Fsp3) is 0.143. The maximum absolute atomic E-state index is 3.40. The molecule has 0 aliphatic rings. The molecule has 0 fully saturated rings. The Morgan fingerprint density at radius 1 is 0.706 bits per heavy atom. The minimum absolute atomic E-state index is 1.06. The van der Waals surface area contributed by atoms with Gasteiger partial charge in [0.25, 0.3) is 0 Å². The second kappa shape index (κ2) is 5.25. The highest BCUT2D eigenvalue weighted by Gasteiger charge is 2.02. The lowest BCUT2D eigenvalue weighted by atomic mass is 10.2. The first kappa shape index (κ1) is 11.3. The summed E-state index contributed by atoms with van der Waals surface area (Å²) in [7, 11) is 3.84. The molecule has 0 aromatic heterocycles. The van der Waals surface area contributed by atoms with E-state index in [0.29, 0.717) is 0 Å². The van der Waals surface area contributed by atoms with Crippen molar-refractivity contribution < 1.29 is 0 Å². The summed E-state index contributed by atoms with van der Waals surface area (Å²) in [6.45, 7) is 0. The van der Waals surface area contributed by atoms with Crippen molar-refractivity contribution in [3.05, 3.63) is 48.5 Å². The Kier molecular flexibility index (Phi) is 3.50. The second-order valence-electron chi connectivity index (χ2n) is 3.75. The highest BCUT2D eigenvalue weighted by atomic mass is 14.9. The first-order chi connectivity index (χ1) is 8.33. The predicted molar refractivity (Wildman–Crippen MR) is 75.3 cm³/mol. The summed E-state index contributed by atoms with van der Waals surface area (Å²) < 4.78 is 0. The van der Waals surface area contributed by atoms with E-state index >= 15 is 0 Å². The topological polar surface area (TPSA) is 36.1 Å². The van der Waals surface area contributed by atoms with Gasteiger partial charge in [-0.1, -0.05) is 18.2 Å². The van der Waals surface area contributed by atoms with Crippen LogP contribution in [0.4, 0.5) is 22.7 Å². The number of anilines is 4. The molecule has 88 valence electrons. The standard InChI is InChI=1S/C14H17N3/c1-15-12-8-9-13(16-2)14(10-12)17-11-6-4-3-5-7-11/h3-10,15-17H,1-2H3. The largest absolute Gasteiger partial charge is 0.388 e. The zero-order valence-electron chi connectivity index (χ0n) is 10.1. The molecule has 3 nitrogen and oxygen atoms in total. The summed E-state index contributed by atoms with van der Waals surface area (Å²) in [6, 6.07) is 16.3. The van der Waals surface area contributed by atoms with Crippen LogP contribution in [0.3, 0.4) is 0 Å². The zero-order valence-corrected chi connectivity index (χ0v) is 10.1. The van der Waals surface area contributed by atoms with Crippen molar-refractivity contribution in [3.8, 4) is 0 Å². The molecule has 2 aromatic carbocycles. The van der Waals surface area contributed by atoms with Crippen LogP contribution in [-0.4, -0.2) is 14.1 Å². The summed E-state index contributed by atoms with van der Waals surface area (Å²) in [5, 5.41) is 9.71. The van der Waals surface area contributed by atoms with E-state index in [1.165, 1.54) is 0 Å². The van der Waals surface area contributed by atoms with Gasteiger partial charge >= 0.3 is 0 Å². The van der Waals surface area contributed by atoms with Gasteiger partial charge < -0.3 is 16.0 Å². The molecule has 3 N–H and O–H groups in total. The predicted octanol–water partition coefficient (Wildman–Crippen LogP) is 3.51. The van der Waals surface area contributed by atoms with E-state index in [2.05, 4.69) is 28.1 Å². The third kappa shape index (κ3) is 2.69. The van der Waals surface area contributed by atoms with Gasteiger partial charge in [0.2, 0.25) is 0 Å². The minimum Gasteiger partial charge on any atom is -0.388 e. The van der Waals surface area contributed by atoms with Crippen LogP contribution in [0.15, 0.2) is 48.5 Å². The average molecular weight is 227 g/mol. The smallest absolute Gasteiger partial charge is 0.0640 e. The number of hydrogen-bond acceptors (Lipinski definition) is 3. The third-order valence-corrected chi connectivity index (χ3v) is 2.63. The molecule has 17 heavy (non-hydrogen) atoms. The quantitative estimate of drug-likeness (QED) is 0.748. The van der Waals surface area contributed by atoms with Crippen molar-refractivity contribution in [3.63, 3.8) is 0 Å². The summed E-state index contributed by atoms with van der Waals surface area (Å²) in [5.41, 5.74) is 4.30. The van der Waals surface area contributed by atoms with Gasteiger partial charge in [-0.05, 0) is 30.3 Å². The molecule has 0 amide bonds. The highest BCUT2D eigenvalue weighted by Crippen LogP contribution is 2.28. The molecule has 0 heterocycles. The van der Waals surface area contributed by atoms with E-state index in [-0.39, 0.29) is 0 Å². The van der Waals surface area contributed by atoms with Gasteiger partial charge in [-0.3, -0.25) is 0 Å². The fourth-order valence-corrected chi connectivity index (χ4v) is 1.70. The Bertz CT molecular complexity index is 480. The van der Waals surface area contributed by atoms with Gasteiger partial charge in [-0.2, -0.15) is 0 Å². The summed E-state index contributed by atoms with van der Waals surface area (Å²) in [4.78, 5) is 0. The molecule has 0 bridgehead atoms. The molecule has 0 aliphatic heterocycles. The van der Waals surface area contributed by atoms with Gasteiger partial charge in [-0.25, -0.2) is 0 Å². The molecular weight excluding hydrogens is 210 g/mol. The normalized spacial score (nSPS) is 9.76. The molecule has 0 spiro atoms. The Hall–Kier alpha value is -2.16. The number of benzene rings is 2. The Morgan fingerprint density at radius 2 is 1.47 bits per heavy atom. The van der Waals surface area contributed by atoms with Gasteiger partial charge in [0, 0.05) is 25.5 Å². The molecule has 0 saturated carbocycles. The monoisotopic (exact) mass is 227 g/mol. The third-order valence-electron chi connectivity index (χ3n) is 2.63. The van der Waals surface area contributed by atoms with Crippen molar-refractivity contribution >= 4 is 22.7 Å². The SMILES string of the molecule is CNc1ccc(NC)c(Nc2ccccc2)c1. The number of hydrogen-bond donors (Lipinski definition) is 3. The van der Waals surface area contributed by atoms with Crippen LogP contribution in [0, 0.1) is 0 Å². The molecule has 0 aliphatic carbocycles. The van der Waals surface area contributed by atoms with E-state index in [1.54, 1.807) is 0 Å². The maximum atomic E-state index is 3.40. The lowest BCUT2D eigenvalue weighted by Crippen LogP contribution is -1.98. The van der Waals surface area contributed by atoms with Crippen LogP contribution in [0.1, 0.15) is 0 Å². The van der Waals surface area contributed by atoms with Crippen LogP contribution < -0.4 is 16.0 Å². The lowest BCUT2D eigenvalue weighted by Gasteiger charge is -2.13. The van der Waals surface area contributed by atoms with E-state index in [9.17, 15) is 0 Å². The van der Waals surface area contributed by atoms with Crippen LogP contribution in [0.2, 0.25) is 0 Å². The van der Waals surface area contributed by atoms with Crippen LogP contribution >= 0.6 is 0 Å². The summed E-state index contributed by atoms with van der Waals surface area (Å²) in [5.74, 6) is 0. The van der Waals surface area contributed by atoms with Crippen molar-refractivity contribution in [1.82, 2.24) is 0 Å². The summed E-state index contributed by atoms with van der Waals surface area (Å²) in [6.07, 6.45) is 0. The molecule has 0 atom stereocenters. The lowest BCUT2D eigenvalue weighted by molar-refractivity contribution is 1.45. The first-order valence-corrected chi connectivity index (χ1v) is 5.65. The molecule has 0 saturated heterocycles. The van der Waals surface area contributed by atoms with Crippen LogP contribution in [0.5, 0.6) is 0 Å². The molecular formula is C14H17N3. The molecule has 2 rings (SSSR count). The molecule has 3 heteroatoms. The molecule has 2 aromatic rings. The van der Waals surface area contributed by atoms with Gasteiger partial charge in [0.05, 0.1) is 11.4 Å². The molecule has 0 unspecified atom stereocenters. The van der Waals surface area contributed by atoms with Crippen LogP contribution in [-0.2, 0) is 0 Å². The van der Waals surface area contributed by atoms with Crippen molar-refractivity contribution in [2.45, 2.75) is 0 Å². The fourth-order valence-electron chi connectivity index (χ4n) is 1.70. The Labute approximate surface area is 102 Å². The van der Waals surface area contributed by atoms with E-state index < -0.39 is 0 Å². The maximum Gasteiger partial charge on any atom is 0.0640 e. The van der Waals surface area contributed by atoms with E-state index in [1.807, 2.05) is 50.5 Å². The second-order valence-corrected chi connectivity index (χ2v) is 3.75.